The molecule has 3 N–H and O–H groups in total. The lowest BCUT2D eigenvalue weighted by molar-refractivity contribution is -0.217. The normalized spacial score (nSPS) is 15.0. The number of halogens is 4. The third-order valence-corrected chi connectivity index (χ3v) is 4.17. The van der Waals surface area contributed by atoms with E-state index in [0.29, 0.717) is 0 Å². The summed E-state index contributed by atoms with van der Waals surface area (Å²) >= 11 is 5.32. The van der Waals surface area contributed by atoms with Crippen LogP contribution in [-0.4, -0.2) is 69.5 Å². The molecule has 160 valence electrons. The molecule has 0 aliphatic heterocycles. The first kappa shape index (κ1) is 26.1. The highest BCUT2D eigenvalue weighted by molar-refractivity contribution is 7.53. The molecule has 0 heterocycles. The second kappa shape index (κ2) is 10.0. The molecule has 0 spiro atoms. The molecule has 0 fully saturated rings. The van der Waals surface area contributed by atoms with Gasteiger partial charge in [-0.1, -0.05) is 0 Å². The third-order valence-electron chi connectivity index (χ3n) is 2.75. The number of amides is 1. The van der Waals surface area contributed by atoms with Crippen molar-refractivity contribution in [2.45, 2.75) is 51.6 Å². The highest BCUT2D eigenvalue weighted by Gasteiger charge is 2.61. The van der Waals surface area contributed by atoms with Crippen molar-refractivity contribution in [3.8, 4) is 0 Å². The van der Waals surface area contributed by atoms with Gasteiger partial charge in [0.1, 0.15) is 13.2 Å². The van der Waals surface area contributed by atoms with E-state index < -0.39 is 54.8 Å². The van der Waals surface area contributed by atoms with Crippen LogP contribution in [0.25, 0.3) is 0 Å². The minimum absolute atomic E-state index is 0.171. The summed E-state index contributed by atoms with van der Waals surface area (Å²) in [6, 6.07) is -0.848. The first-order valence-corrected chi connectivity index (χ1v) is 9.84. The van der Waals surface area contributed by atoms with Gasteiger partial charge in [-0.15, -0.1) is 11.6 Å². The summed E-state index contributed by atoms with van der Waals surface area (Å²) in [5.41, 5.74) is -3.25. The lowest BCUT2D eigenvalue weighted by atomic mass is 10.3. The molecule has 0 bridgehead atoms. The SMILES string of the molecule is CC(C)NC(OC(C)C)(N(CC(=O)OCCCl)C(=O)C(F)(F)F)P(=O)(O)O. The molecule has 27 heavy (non-hydrogen) atoms. The number of rotatable bonds is 10. The van der Waals surface area contributed by atoms with Crippen molar-refractivity contribution < 1.29 is 46.6 Å². The van der Waals surface area contributed by atoms with Crippen LogP contribution in [0.15, 0.2) is 0 Å². The van der Waals surface area contributed by atoms with E-state index in [1.165, 1.54) is 27.7 Å². The summed E-state index contributed by atoms with van der Waals surface area (Å²) in [6.45, 7) is 3.47. The number of carbonyl (C=O) groups excluding carboxylic acids is 2. The Morgan fingerprint density at radius 3 is 2.07 bits per heavy atom. The Hall–Kier alpha value is -0.910. The Bertz CT molecular complexity index is 559. The van der Waals surface area contributed by atoms with E-state index in [1.807, 2.05) is 0 Å². The molecular formula is C13H23ClF3N2O7P. The van der Waals surface area contributed by atoms with Gasteiger partial charge in [-0.3, -0.25) is 24.4 Å². The van der Waals surface area contributed by atoms with Crippen LogP contribution in [-0.2, 0) is 23.6 Å². The Morgan fingerprint density at radius 1 is 1.22 bits per heavy atom. The highest BCUT2D eigenvalue weighted by Crippen LogP contribution is 2.53. The van der Waals surface area contributed by atoms with Gasteiger partial charge in [-0.2, -0.15) is 13.2 Å². The van der Waals surface area contributed by atoms with E-state index in [1.54, 1.807) is 0 Å². The average Bonchev–Trinajstić information content (AvgIpc) is 2.46. The Kier molecular flexibility index (Phi) is 9.70. The largest absolute Gasteiger partial charge is 0.471 e. The lowest BCUT2D eigenvalue weighted by Gasteiger charge is -2.44. The molecule has 0 saturated carbocycles. The molecule has 0 aromatic carbocycles. The first-order chi connectivity index (χ1) is 12.1. The van der Waals surface area contributed by atoms with E-state index in [9.17, 15) is 37.1 Å². The zero-order valence-corrected chi connectivity index (χ0v) is 16.8. The van der Waals surface area contributed by atoms with Crippen molar-refractivity contribution in [1.82, 2.24) is 10.2 Å². The maximum Gasteiger partial charge on any atom is 0.471 e. The number of hydrogen-bond donors (Lipinski definition) is 3. The molecule has 1 atom stereocenters. The molecule has 0 saturated heterocycles. The zero-order chi connectivity index (χ0) is 21.6. The van der Waals surface area contributed by atoms with Crippen molar-refractivity contribution >= 4 is 31.1 Å². The van der Waals surface area contributed by atoms with Crippen LogP contribution < -0.4 is 5.32 Å². The number of ether oxygens (including phenoxy) is 2. The third kappa shape index (κ3) is 7.55. The molecule has 0 aliphatic carbocycles. The molecule has 0 radical (unpaired) electrons. The minimum atomic E-state index is -5.64. The molecule has 1 amide bonds. The van der Waals surface area contributed by atoms with Crippen molar-refractivity contribution in [1.29, 1.82) is 0 Å². The zero-order valence-electron chi connectivity index (χ0n) is 15.1. The van der Waals surface area contributed by atoms with Gasteiger partial charge in [0.25, 0.3) is 0 Å². The summed E-state index contributed by atoms with van der Waals surface area (Å²) in [6.07, 6.45) is -6.59. The Labute approximate surface area is 159 Å². The van der Waals surface area contributed by atoms with E-state index >= 15 is 0 Å². The van der Waals surface area contributed by atoms with Crippen LogP contribution in [0.1, 0.15) is 27.7 Å². The number of carbonyl (C=O) groups is 2. The molecule has 0 aliphatic rings. The maximum atomic E-state index is 13.1. The Morgan fingerprint density at radius 2 is 1.74 bits per heavy atom. The van der Waals surface area contributed by atoms with E-state index in [-0.39, 0.29) is 12.5 Å². The van der Waals surface area contributed by atoms with Gasteiger partial charge in [-0.05, 0) is 27.7 Å². The van der Waals surface area contributed by atoms with E-state index in [0.717, 1.165) is 0 Å². The van der Waals surface area contributed by atoms with Crippen molar-refractivity contribution in [3.05, 3.63) is 0 Å². The molecule has 14 heteroatoms. The number of nitrogens with zero attached hydrogens (tertiary/aromatic N) is 1. The van der Waals surface area contributed by atoms with Crippen LogP contribution in [0.5, 0.6) is 0 Å². The summed E-state index contributed by atoms with van der Waals surface area (Å²) < 4.78 is 61.1. The summed E-state index contributed by atoms with van der Waals surface area (Å²) in [5, 5.41) is 2.17. The molecular weight excluding hydrogens is 420 g/mol. The van der Waals surface area contributed by atoms with Gasteiger partial charge in [0.05, 0.1) is 12.0 Å². The summed E-state index contributed by atoms with van der Waals surface area (Å²) in [7, 11) is -5.64. The predicted octanol–water partition coefficient (Wildman–Crippen LogP) is 1.37. The predicted molar refractivity (Wildman–Crippen MR) is 88.7 cm³/mol. The summed E-state index contributed by atoms with van der Waals surface area (Å²) in [5.74, 6) is -4.22. The van der Waals surface area contributed by atoms with Crippen molar-refractivity contribution in [2.75, 3.05) is 19.0 Å². The molecule has 1 unspecified atom stereocenters. The standard InChI is InChI=1S/C13H23ClF3N2O7P/c1-8(2)18-13(26-9(3)4,27(22,23)24)19(11(21)12(15,16)17)7-10(20)25-6-5-14/h8-9,18H,5-7H2,1-4H3,(H2,22,23,24). The summed E-state index contributed by atoms with van der Waals surface area (Å²) in [4.78, 5) is 42.9. The fraction of sp³-hybridized carbons (Fsp3) is 0.846. The van der Waals surface area contributed by atoms with Crippen LogP contribution in [0.2, 0.25) is 0 Å². The topological polar surface area (TPSA) is 125 Å². The van der Waals surface area contributed by atoms with Crippen molar-refractivity contribution in [3.63, 3.8) is 0 Å². The second-order valence-corrected chi connectivity index (χ2v) is 7.99. The van der Waals surface area contributed by atoms with Gasteiger partial charge >= 0.3 is 31.2 Å². The maximum absolute atomic E-state index is 13.1. The van der Waals surface area contributed by atoms with Crippen molar-refractivity contribution in [2.24, 2.45) is 0 Å². The van der Waals surface area contributed by atoms with E-state index in [2.05, 4.69) is 10.1 Å². The van der Waals surface area contributed by atoms with Crippen LogP contribution in [0, 0.1) is 0 Å². The lowest BCUT2D eigenvalue weighted by Crippen LogP contribution is -2.67. The molecule has 9 nitrogen and oxygen atoms in total. The number of alkyl halides is 4. The van der Waals surface area contributed by atoms with Gasteiger partial charge in [0.15, 0.2) is 0 Å². The van der Waals surface area contributed by atoms with Crippen LogP contribution in [0.4, 0.5) is 13.2 Å². The smallest absolute Gasteiger partial charge is 0.463 e. The minimum Gasteiger partial charge on any atom is -0.463 e. The quantitative estimate of drug-likeness (QED) is 0.200. The van der Waals surface area contributed by atoms with E-state index in [4.69, 9.17) is 16.3 Å². The molecule has 0 rings (SSSR count). The Balaban J connectivity index is 6.42. The average molecular weight is 443 g/mol. The number of hydrogen-bond acceptors (Lipinski definition) is 6. The fourth-order valence-corrected chi connectivity index (χ4v) is 3.31. The van der Waals surface area contributed by atoms with Gasteiger partial charge in [0, 0.05) is 6.04 Å². The van der Waals surface area contributed by atoms with Gasteiger partial charge in [-0.25, -0.2) is 0 Å². The van der Waals surface area contributed by atoms with Crippen LogP contribution >= 0.6 is 19.2 Å². The van der Waals surface area contributed by atoms with Gasteiger partial charge in [0.2, 0.25) is 0 Å². The highest BCUT2D eigenvalue weighted by atomic mass is 35.5. The van der Waals surface area contributed by atoms with Gasteiger partial charge < -0.3 is 19.3 Å². The monoisotopic (exact) mass is 442 g/mol. The molecule has 0 aromatic heterocycles. The first-order valence-electron chi connectivity index (χ1n) is 7.70. The fourth-order valence-electron chi connectivity index (χ4n) is 1.99. The second-order valence-electron chi connectivity index (χ2n) is 5.92. The molecule has 0 aromatic rings. The number of nitrogens with one attached hydrogen (secondary N) is 1. The number of esters is 1. The van der Waals surface area contributed by atoms with Crippen LogP contribution in [0.3, 0.4) is 0 Å².